The summed E-state index contributed by atoms with van der Waals surface area (Å²) < 4.78 is 4.74. The van der Waals surface area contributed by atoms with Crippen molar-refractivity contribution in [3.8, 4) is 0 Å². The topological polar surface area (TPSA) is 77.0 Å². The molecule has 0 radical (unpaired) electrons. The van der Waals surface area contributed by atoms with Gasteiger partial charge in [-0.1, -0.05) is 42.4 Å². The van der Waals surface area contributed by atoms with E-state index in [0.29, 0.717) is 12.8 Å². The summed E-state index contributed by atoms with van der Waals surface area (Å²) in [5.41, 5.74) is 0.164. The van der Waals surface area contributed by atoms with Crippen LogP contribution in [0.1, 0.15) is 38.4 Å². The van der Waals surface area contributed by atoms with Crippen molar-refractivity contribution in [1.82, 2.24) is 5.32 Å². The highest BCUT2D eigenvalue weighted by atomic mass is 16.6. The normalized spacial score (nSPS) is 19.6. The van der Waals surface area contributed by atoms with E-state index in [9.17, 15) is 9.59 Å². The lowest BCUT2D eigenvalue weighted by atomic mass is 9.98. The largest absolute Gasteiger partial charge is 0.467 e. The van der Waals surface area contributed by atoms with E-state index in [2.05, 4.69) is 10.5 Å². The van der Waals surface area contributed by atoms with Crippen molar-refractivity contribution in [3.63, 3.8) is 0 Å². The van der Waals surface area contributed by atoms with Gasteiger partial charge in [0.2, 0.25) is 0 Å². The van der Waals surface area contributed by atoms with Crippen LogP contribution in [0.4, 0.5) is 0 Å². The number of amides is 1. The number of nitrogens with zero attached hydrogens (tertiary/aromatic N) is 1. The highest BCUT2D eigenvalue weighted by molar-refractivity contribution is 6.39. The molecule has 118 valence electrons. The standard InChI is InChI=1S/C16H20N2O4/c1-4-16(2,15(20)21-3)17-14(19)12-10-13(22-18-12)11-8-6-5-7-9-11/h5-9,13H,4,10H2,1-3H3,(H,17,19)/t13-,16+/m0/s1. The first-order valence-corrected chi connectivity index (χ1v) is 7.18. The van der Waals surface area contributed by atoms with Gasteiger partial charge in [0.05, 0.1) is 7.11 Å². The maximum absolute atomic E-state index is 12.3. The van der Waals surface area contributed by atoms with Crippen LogP contribution in [0.3, 0.4) is 0 Å². The molecular weight excluding hydrogens is 284 g/mol. The molecule has 2 rings (SSSR count). The van der Waals surface area contributed by atoms with Gasteiger partial charge in [-0.25, -0.2) is 4.79 Å². The lowest BCUT2D eigenvalue weighted by molar-refractivity contribution is -0.149. The summed E-state index contributed by atoms with van der Waals surface area (Å²) in [5.74, 6) is -0.893. The van der Waals surface area contributed by atoms with Crippen molar-refractivity contribution in [1.29, 1.82) is 0 Å². The predicted octanol–water partition coefficient (Wildman–Crippen LogP) is 1.96. The summed E-state index contributed by atoms with van der Waals surface area (Å²) >= 11 is 0. The molecule has 2 atom stereocenters. The zero-order valence-electron chi connectivity index (χ0n) is 13.0. The van der Waals surface area contributed by atoms with Crippen molar-refractivity contribution in [2.24, 2.45) is 5.16 Å². The molecule has 0 aromatic heterocycles. The predicted molar refractivity (Wildman–Crippen MR) is 81.2 cm³/mol. The molecule has 1 aliphatic heterocycles. The third-order valence-corrected chi connectivity index (χ3v) is 3.83. The first kappa shape index (κ1) is 16.0. The molecule has 0 aliphatic carbocycles. The Labute approximate surface area is 129 Å². The summed E-state index contributed by atoms with van der Waals surface area (Å²) in [6.07, 6.45) is 0.520. The number of rotatable bonds is 5. The smallest absolute Gasteiger partial charge is 0.331 e. The van der Waals surface area contributed by atoms with E-state index in [0.717, 1.165) is 5.56 Å². The number of esters is 1. The molecule has 0 spiro atoms. The number of hydrogen-bond donors (Lipinski definition) is 1. The molecule has 1 amide bonds. The maximum atomic E-state index is 12.3. The second-order valence-electron chi connectivity index (χ2n) is 5.38. The second kappa shape index (κ2) is 6.60. The van der Waals surface area contributed by atoms with Crippen molar-refractivity contribution < 1.29 is 19.2 Å². The quantitative estimate of drug-likeness (QED) is 0.844. The first-order valence-electron chi connectivity index (χ1n) is 7.18. The van der Waals surface area contributed by atoms with Gasteiger partial charge in [-0.2, -0.15) is 0 Å². The molecule has 1 aromatic rings. The number of ether oxygens (including phenoxy) is 1. The van der Waals surface area contributed by atoms with E-state index in [-0.39, 0.29) is 11.8 Å². The molecule has 1 heterocycles. The van der Waals surface area contributed by atoms with Crippen LogP contribution in [0.5, 0.6) is 0 Å². The van der Waals surface area contributed by atoms with Gasteiger partial charge in [0.15, 0.2) is 6.10 Å². The molecule has 0 bridgehead atoms. The Morgan fingerprint density at radius 3 is 2.68 bits per heavy atom. The summed E-state index contributed by atoms with van der Waals surface area (Å²) in [4.78, 5) is 29.4. The van der Waals surface area contributed by atoms with Crippen LogP contribution < -0.4 is 5.32 Å². The van der Waals surface area contributed by atoms with Crippen molar-refractivity contribution >= 4 is 17.6 Å². The number of methoxy groups -OCH3 is 1. The van der Waals surface area contributed by atoms with E-state index in [4.69, 9.17) is 9.57 Å². The van der Waals surface area contributed by atoms with Crippen molar-refractivity contribution in [2.45, 2.75) is 38.3 Å². The van der Waals surface area contributed by atoms with Crippen LogP contribution in [-0.4, -0.2) is 30.2 Å². The molecule has 6 nitrogen and oxygen atoms in total. The van der Waals surface area contributed by atoms with Gasteiger partial charge in [0.25, 0.3) is 5.91 Å². The number of hydrogen-bond acceptors (Lipinski definition) is 5. The van der Waals surface area contributed by atoms with Gasteiger partial charge >= 0.3 is 5.97 Å². The fraction of sp³-hybridized carbons (Fsp3) is 0.438. The van der Waals surface area contributed by atoms with E-state index >= 15 is 0 Å². The van der Waals surface area contributed by atoms with E-state index in [1.54, 1.807) is 13.8 Å². The molecule has 1 aromatic carbocycles. The number of benzene rings is 1. The molecule has 0 unspecified atom stereocenters. The Balaban J connectivity index is 2.01. The summed E-state index contributed by atoms with van der Waals surface area (Å²) in [6, 6.07) is 9.57. The van der Waals surface area contributed by atoms with E-state index < -0.39 is 17.4 Å². The third kappa shape index (κ3) is 3.27. The van der Waals surface area contributed by atoms with Crippen LogP contribution in [0.2, 0.25) is 0 Å². The van der Waals surface area contributed by atoms with Crippen LogP contribution in [0.25, 0.3) is 0 Å². The molecule has 0 fully saturated rings. The lowest BCUT2D eigenvalue weighted by Gasteiger charge is -2.26. The summed E-state index contributed by atoms with van der Waals surface area (Å²) in [6.45, 7) is 3.43. The van der Waals surface area contributed by atoms with Crippen LogP contribution in [0, 0.1) is 0 Å². The molecule has 0 saturated heterocycles. The zero-order valence-corrected chi connectivity index (χ0v) is 13.0. The lowest BCUT2D eigenvalue weighted by Crippen LogP contribution is -2.54. The van der Waals surface area contributed by atoms with Gasteiger partial charge in [0, 0.05) is 6.42 Å². The van der Waals surface area contributed by atoms with Crippen LogP contribution >= 0.6 is 0 Å². The Morgan fingerprint density at radius 2 is 2.09 bits per heavy atom. The van der Waals surface area contributed by atoms with Gasteiger partial charge in [-0.15, -0.1) is 0 Å². The number of nitrogens with one attached hydrogen (secondary N) is 1. The van der Waals surface area contributed by atoms with Gasteiger partial charge < -0.3 is 14.9 Å². The average Bonchev–Trinajstić information content (AvgIpc) is 3.04. The average molecular weight is 304 g/mol. The molecular formula is C16H20N2O4. The van der Waals surface area contributed by atoms with Gasteiger partial charge in [-0.3, -0.25) is 4.79 Å². The number of oxime groups is 1. The van der Waals surface area contributed by atoms with Gasteiger partial charge in [-0.05, 0) is 18.9 Å². The van der Waals surface area contributed by atoms with E-state index in [1.165, 1.54) is 7.11 Å². The fourth-order valence-corrected chi connectivity index (χ4v) is 2.19. The minimum absolute atomic E-state index is 0.270. The first-order chi connectivity index (χ1) is 10.5. The monoisotopic (exact) mass is 304 g/mol. The van der Waals surface area contributed by atoms with E-state index in [1.807, 2.05) is 30.3 Å². The van der Waals surface area contributed by atoms with Gasteiger partial charge in [0.1, 0.15) is 11.3 Å². The molecule has 1 aliphatic rings. The second-order valence-corrected chi connectivity index (χ2v) is 5.38. The summed E-state index contributed by atoms with van der Waals surface area (Å²) in [7, 11) is 1.30. The van der Waals surface area contributed by atoms with Crippen molar-refractivity contribution in [2.75, 3.05) is 7.11 Å². The summed E-state index contributed by atoms with van der Waals surface area (Å²) in [5, 5.41) is 6.53. The third-order valence-electron chi connectivity index (χ3n) is 3.83. The zero-order chi connectivity index (χ0) is 16.2. The van der Waals surface area contributed by atoms with Crippen LogP contribution in [-0.2, 0) is 19.2 Å². The Hall–Kier alpha value is -2.37. The maximum Gasteiger partial charge on any atom is 0.331 e. The molecule has 1 N–H and O–H groups in total. The SMILES string of the molecule is CC[C@@](C)(NC(=O)C1=NO[C@H](c2ccccc2)C1)C(=O)OC. The Kier molecular flexibility index (Phi) is 4.80. The molecule has 22 heavy (non-hydrogen) atoms. The van der Waals surface area contributed by atoms with Crippen LogP contribution in [0.15, 0.2) is 35.5 Å². The highest BCUT2D eigenvalue weighted by Gasteiger charge is 2.37. The van der Waals surface area contributed by atoms with Crippen molar-refractivity contribution in [3.05, 3.63) is 35.9 Å². The Bertz CT molecular complexity index is 585. The number of carbonyl (C=O) groups is 2. The molecule has 6 heteroatoms. The Morgan fingerprint density at radius 1 is 1.41 bits per heavy atom. The number of carbonyl (C=O) groups excluding carboxylic acids is 2. The minimum Gasteiger partial charge on any atom is -0.467 e. The minimum atomic E-state index is -1.07. The molecule has 0 saturated carbocycles. The fourth-order valence-electron chi connectivity index (χ4n) is 2.19. The highest BCUT2D eigenvalue weighted by Crippen LogP contribution is 2.27.